The first-order valence-electron chi connectivity index (χ1n) is 2.63. The van der Waals surface area contributed by atoms with Crippen molar-refractivity contribution in [3.8, 4) is 0 Å². The molecule has 0 aromatic carbocycles. The van der Waals surface area contributed by atoms with Crippen LogP contribution in [0.3, 0.4) is 0 Å². The quantitative estimate of drug-likeness (QED) is 0.764. The molecule has 0 spiro atoms. The molecule has 1 atom stereocenters. The molecule has 54 valence electrons. The molecule has 0 heterocycles. The maximum atomic E-state index is 3.74. The number of nitrogens with one attached hydrogen (secondary N) is 1. The van der Waals surface area contributed by atoms with E-state index in [4.69, 9.17) is 0 Å². The Morgan fingerprint density at radius 3 is 2.20 bits per heavy atom. The van der Waals surface area contributed by atoms with E-state index in [1.165, 1.54) is 0 Å². The largest absolute Gasteiger partial charge is 0.386 e. The minimum absolute atomic E-state index is 0. The van der Waals surface area contributed by atoms with Crippen molar-refractivity contribution >= 4 is 0 Å². The summed E-state index contributed by atoms with van der Waals surface area (Å²) in [6.45, 7) is 11.6. The zero-order chi connectivity index (χ0) is 6.41. The second-order valence-corrected chi connectivity index (χ2v) is 1.49. The summed E-state index contributed by atoms with van der Waals surface area (Å²) < 4.78 is 0. The Hall–Kier alpha value is 1.78. The molecular weight excluding hydrogens is 276 g/mol. The van der Waals surface area contributed by atoms with Gasteiger partial charge >= 0.3 is 0 Å². The fourth-order valence-corrected chi connectivity index (χ4v) is 0.418. The molecule has 2 radical (unpaired) electrons. The van der Waals surface area contributed by atoms with Crippen LogP contribution in [0.15, 0.2) is 12.2 Å². The molecule has 0 saturated carbocycles. The molecule has 1 nitrogen and oxygen atoms in total. The standard InChI is InChI=1S/C7H12N.2Y/c1-4-6-7(3)8-5-2;;/h4,6-8H,1-3,5H2;;/q-3;;/b6-4-;;. The van der Waals surface area contributed by atoms with Crippen molar-refractivity contribution in [2.45, 2.75) is 6.04 Å². The fraction of sp³-hybridized carbons (Fsp3) is 0.286. The summed E-state index contributed by atoms with van der Waals surface area (Å²) in [7, 11) is 0. The molecule has 10 heavy (non-hydrogen) atoms. The van der Waals surface area contributed by atoms with E-state index < -0.39 is 0 Å². The maximum Gasteiger partial charge on any atom is 0 e. The van der Waals surface area contributed by atoms with E-state index in [0.717, 1.165) is 0 Å². The first-order chi connectivity index (χ1) is 3.81. The summed E-state index contributed by atoms with van der Waals surface area (Å²) in [5, 5.41) is 3.00. The van der Waals surface area contributed by atoms with E-state index in [1.807, 2.05) is 6.08 Å². The Bertz CT molecular complexity index is 74.0. The van der Waals surface area contributed by atoms with Crippen molar-refractivity contribution in [3.63, 3.8) is 0 Å². The Kier molecular flexibility index (Phi) is 23.7. The van der Waals surface area contributed by atoms with Crippen LogP contribution in [0.2, 0.25) is 0 Å². The molecule has 3 heteroatoms. The van der Waals surface area contributed by atoms with Crippen LogP contribution in [-0.2, 0) is 65.4 Å². The Labute approximate surface area is 115 Å². The van der Waals surface area contributed by atoms with Gasteiger partial charge in [0.15, 0.2) is 0 Å². The second-order valence-electron chi connectivity index (χ2n) is 1.49. The Balaban J connectivity index is -0.000000245. The first kappa shape index (κ1) is 17.8. The predicted octanol–water partition coefficient (Wildman–Crippen LogP) is 0.998. The average molecular weight is 288 g/mol. The van der Waals surface area contributed by atoms with E-state index in [0.29, 0.717) is 6.54 Å². The van der Waals surface area contributed by atoms with E-state index in [9.17, 15) is 0 Å². The summed E-state index contributed by atoms with van der Waals surface area (Å²) in [6.07, 6.45) is 3.60. The van der Waals surface area contributed by atoms with Gasteiger partial charge in [-0.2, -0.15) is 6.04 Å². The number of hydrogen-bond acceptors (Lipinski definition) is 1. The molecule has 0 fully saturated rings. The van der Waals surface area contributed by atoms with Crippen LogP contribution in [0.5, 0.6) is 0 Å². The van der Waals surface area contributed by atoms with Crippen molar-refractivity contribution in [3.05, 3.63) is 32.9 Å². The van der Waals surface area contributed by atoms with Crippen LogP contribution in [0.25, 0.3) is 0 Å². The fourth-order valence-electron chi connectivity index (χ4n) is 0.418. The van der Waals surface area contributed by atoms with Gasteiger partial charge in [-0.15, -0.1) is 6.54 Å². The van der Waals surface area contributed by atoms with Gasteiger partial charge in [0.1, 0.15) is 0 Å². The van der Waals surface area contributed by atoms with Crippen LogP contribution < -0.4 is 5.32 Å². The van der Waals surface area contributed by atoms with Gasteiger partial charge < -0.3 is 19.2 Å². The maximum absolute atomic E-state index is 3.74. The molecule has 0 bridgehead atoms. The molecule has 0 aliphatic carbocycles. The second kappa shape index (κ2) is 13.4. The summed E-state index contributed by atoms with van der Waals surface area (Å²) in [6, 6.07) is 0.157. The molecule has 1 N–H and O–H groups in total. The summed E-state index contributed by atoms with van der Waals surface area (Å²) in [4.78, 5) is 0. The third-order valence-corrected chi connectivity index (χ3v) is 0.775. The van der Waals surface area contributed by atoms with Crippen LogP contribution in [0.1, 0.15) is 0 Å². The van der Waals surface area contributed by atoms with E-state index in [-0.39, 0.29) is 71.5 Å². The minimum atomic E-state index is 0. The van der Waals surface area contributed by atoms with Gasteiger partial charge in [-0.05, 0) is 0 Å². The molecular formula is C7H12NY2-3. The van der Waals surface area contributed by atoms with Crippen LogP contribution in [0.4, 0.5) is 0 Å². The normalized spacial score (nSPS) is 11.8. The van der Waals surface area contributed by atoms with Gasteiger partial charge in [-0.3, -0.25) is 0 Å². The van der Waals surface area contributed by atoms with Crippen LogP contribution >= 0.6 is 0 Å². The molecule has 1 unspecified atom stereocenters. The van der Waals surface area contributed by atoms with E-state index >= 15 is 0 Å². The molecule has 0 rings (SSSR count). The van der Waals surface area contributed by atoms with E-state index in [2.05, 4.69) is 26.1 Å². The van der Waals surface area contributed by atoms with Gasteiger partial charge in [0.2, 0.25) is 0 Å². The van der Waals surface area contributed by atoms with Crippen molar-refractivity contribution in [2.24, 2.45) is 0 Å². The molecule has 0 aromatic heterocycles. The average Bonchev–Trinajstić information content (AvgIpc) is 1.68. The minimum Gasteiger partial charge on any atom is -0.386 e. The molecule has 0 amide bonds. The third-order valence-electron chi connectivity index (χ3n) is 0.775. The topological polar surface area (TPSA) is 12.0 Å². The van der Waals surface area contributed by atoms with Crippen molar-refractivity contribution in [2.75, 3.05) is 6.54 Å². The van der Waals surface area contributed by atoms with Gasteiger partial charge in [0.05, 0.1) is 0 Å². The zero-order valence-corrected chi connectivity index (χ0v) is 11.9. The number of rotatable bonds is 3. The molecule has 0 aliphatic rings. The van der Waals surface area contributed by atoms with Crippen LogP contribution in [0, 0.1) is 20.8 Å². The molecule has 0 saturated heterocycles. The molecule has 0 aromatic rings. The van der Waals surface area contributed by atoms with Crippen molar-refractivity contribution in [1.29, 1.82) is 0 Å². The first-order valence-corrected chi connectivity index (χ1v) is 2.63. The van der Waals surface area contributed by atoms with Gasteiger partial charge in [-0.25, -0.2) is 19.1 Å². The van der Waals surface area contributed by atoms with Gasteiger partial charge in [0, 0.05) is 65.4 Å². The SMILES string of the molecule is [CH2-]/C=C\C([CH2-])NC[CH2-].[Y].[Y]. The van der Waals surface area contributed by atoms with Gasteiger partial charge in [0.25, 0.3) is 0 Å². The van der Waals surface area contributed by atoms with E-state index in [1.54, 1.807) is 6.08 Å². The van der Waals surface area contributed by atoms with Gasteiger partial charge in [-0.1, -0.05) is 0 Å². The zero-order valence-electron chi connectivity index (χ0n) is 6.22. The van der Waals surface area contributed by atoms with Crippen molar-refractivity contribution < 1.29 is 65.4 Å². The Morgan fingerprint density at radius 2 is 1.90 bits per heavy atom. The number of allylic oxidation sites excluding steroid dienone is 1. The summed E-state index contributed by atoms with van der Waals surface area (Å²) >= 11 is 0. The van der Waals surface area contributed by atoms with Crippen molar-refractivity contribution in [1.82, 2.24) is 5.32 Å². The molecule has 0 aliphatic heterocycles. The Morgan fingerprint density at radius 1 is 1.40 bits per heavy atom. The third kappa shape index (κ3) is 12.5. The summed E-state index contributed by atoms with van der Waals surface area (Å²) in [5.74, 6) is 0. The predicted molar refractivity (Wildman–Crippen MR) is 37.0 cm³/mol. The summed E-state index contributed by atoms with van der Waals surface area (Å²) in [5.41, 5.74) is 0. The number of hydrogen-bond donors (Lipinski definition) is 1. The smallest absolute Gasteiger partial charge is 0 e. The van der Waals surface area contributed by atoms with Crippen LogP contribution in [-0.4, -0.2) is 12.6 Å². The monoisotopic (exact) mass is 288 g/mol.